The predicted octanol–water partition coefficient (Wildman–Crippen LogP) is 3.05. The molecule has 0 aliphatic carbocycles. The van der Waals surface area contributed by atoms with Gasteiger partial charge in [-0.15, -0.1) is 0 Å². The summed E-state index contributed by atoms with van der Waals surface area (Å²) in [6.07, 6.45) is 3.90. The van der Waals surface area contributed by atoms with E-state index < -0.39 is 0 Å². The minimum Gasteiger partial charge on any atom is -0.525 e. The van der Waals surface area contributed by atoms with Crippen LogP contribution in [-0.2, 0) is 60.2 Å². The molecule has 0 bridgehead atoms. The standard InChI is InChI=1S/C12H16O.W.Y/c1-3-7-11-8-5-6-9-12(11)13-10-4-2;;/h4-6,8-9H,1,3,7,10H2,2H3;;/q-2;;. The number of para-hydroxylation sites is 1. The van der Waals surface area contributed by atoms with Crippen molar-refractivity contribution < 1.29 is 58.5 Å². The van der Waals surface area contributed by atoms with Gasteiger partial charge < -0.3 is 11.7 Å². The van der Waals surface area contributed by atoms with Crippen LogP contribution in [0.15, 0.2) is 24.3 Å². The van der Waals surface area contributed by atoms with Gasteiger partial charge in [0.25, 0.3) is 0 Å². The first kappa shape index (κ1) is 18.2. The van der Waals surface area contributed by atoms with Crippen molar-refractivity contribution in [2.45, 2.75) is 19.8 Å². The van der Waals surface area contributed by atoms with Crippen LogP contribution in [0.25, 0.3) is 0 Å². The number of hydrogen-bond donors (Lipinski definition) is 0. The van der Waals surface area contributed by atoms with Crippen LogP contribution in [0.3, 0.4) is 0 Å². The van der Waals surface area contributed by atoms with Gasteiger partial charge in [-0.05, 0) is 18.2 Å². The van der Waals surface area contributed by atoms with Crippen LogP contribution in [0, 0.1) is 13.3 Å². The van der Waals surface area contributed by atoms with Gasteiger partial charge in [-0.25, -0.2) is 0 Å². The first-order valence-corrected chi connectivity index (χ1v) is 4.66. The Labute approximate surface area is 133 Å². The van der Waals surface area contributed by atoms with Crippen LogP contribution in [0.5, 0.6) is 5.75 Å². The molecule has 81 valence electrons. The van der Waals surface area contributed by atoms with Crippen molar-refractivity contribution in [3.63, 3.8) is 0 Å². The average molecular weight is 449 g/mol. The maximum absolute atomic E-state index is 5.56. The van der Waals surface area contributed by atoms with E-state index in [1.807, 2.05) is 31.5 Å². The fourth-order valence-electron chi connectivity index (χ4n) is 1.21. The van der Waals surface area contributed by atoms with Crippen LogP contribution < -0.4 is 4.74 Å². The zero-order valence-corrected chi connectivity index (χ0v) is 14.9. The summed E-state index contributed by atoms with van der Waals surface area (Å²) in [5.41, 5.74) is 1.25. The third-order valence-corrected chi connectivity index (χ3v) is 1.82. The Morgan fingerprint density at radius 1 is 1.33 bits per heavy atom. The van der Waals surface area contributed by atoms with Gasteiger partial charge in [0.05, 0.1) is 0 Å². The van der Waals surface area contributed by atoms with Crippen LogP contribution in [0.2, 0.25) is 0 Å². The maximum Gasteiger partial charge on any atom is 0.118 e. The zero-order chi connectivity index (χ0) is 9.52. The topological polar surface area (TPSA) is 9.23 Å². The molecule has 0 spiro atoms. The van der Waals surface area contributed by atoms with E-state index in [0.717, 1.165) is 18.6 Å². The Bertz CT molecular complexity index is 253. The number of hydrogen-bond acceptors (Lipinski definition) is 1. The number of aryl methyl sites for hydroxylation is 1. The van der Waals surface area contributed by atoms with Gasteiger partial charge in [0.15, 0.2) is 0 Å². The molecule has 1 nitrogen and oxygen atoms in total. The minimum atomic E-state index is 0. The van der Waals surface area contributed by atoms with Gasteiger partial charge in [-0.1, -0.05) is 24.6 Å². The van der Waals surface area contributed by atoms with E-state index in [1.54, 1.807) is 0 Å². The fraction of sp³-hybridized carbons (Fsp3) is 0.333. The van der Waals surface area contributed by atoms with Gasteiger partial charge in [0.2, 0.25) is 0 Å². The summed E-state index contributed by atoms with van der Waals surface area (Å²) in [6, 6.07) is 8.13. The van der Waals surface area contributed by atoms with E-state index >= 15 is 0 Å². The molecular weight excluding hydrogens is 433 g/mol. The number of ether oxygens (including phenoxy) is 1. The maximum atomic E-state index is 5.56. The summed E-state index contributed by atoms with van der Waals surface area (Å²) >= 11 is 0. The van der Waals surface area contributed by atoms with Crippen LogP contribution >= 0.6 is 0 Å². The van der Waals surface area contributed by atoms with Crippen molar-refractivity contribution in [2.24, 2.45) is 0 Å². The summed E-state index contributed by atoms with van der Waals surface area (Å²) in [6.45, 7) is 6.50. The Hall–Kier alpha value is 0.812. The molecule has 3 heteroatoms. The monoisotopic (exact) mass is 449 g/mol. The largest absolute Gasteiger partial charge is 0.525 e. The van der Waals surface area contributed by atoms with Gasteiger partial charge in [-0.2, -0.15) is 13.3 Å². The summed E-state index contributed by atoms with van der Waals surface area (Å²) < 4.78 is 5.56. The third kappa shape index (κ3) is 6.87. The smallest absolute Gasteiger partial charge is 0.118 e. The minimum absolute atomic E-state index is 0. The summed E-state index contributed by atoms with van der Waals surface area (Å²) in [7, 11) is 0. The Kier molecular flexibility index (Phi) is 13.7. The molecule has 0 saturated heterocycles. The second kappa shape index (κ2) is 11.3. The molecule has 0 aliphatic heterocycles. The quantitative estimate of drug-likeness (QED) is 0.629. The normalized spacial score (nSPS) is 8.67. The molecule has 0 heterocycles. The zero-order valence-electron chi connectivity index (χ0n) is 9.11. The van der Waals surface area contributed by atoms with E-state index in [1.165, 1.54) is 5.56 Å². The van der Waals surface area contributed by atoms with Crippen molar-refractivity contribution in [2.75, 3.05) is 6.61 Å². The molecule has 0 N–H and O–H groups in total. The van der Waals surface area contributed by atoms with E-state index in [2.05, 4.69) is 13.0 Å². The van der Waals surface area contributed by atoms with E-state index in [9.17, 15) is 0 Å². The molecule has 0 aromatic heterocycles. The Morgan fingerprint density at radius 2 is 2.00 bits per heavy atom. The van der Waals surface area contributed by atoms with Crippen molar-refractivity contribution in [1.82, 2.24) is 0 Å². The van der Waals surface area contributed by atoms with Gasteiger partial charge in [-0.3, -0.25) is 6.42 Å². The van der Waals surface area contributed by atoms with Crippen LogP contribution in [0.1, 0.15) is 18.9 Å². The molecule has 0 saturated carbocycles. The van der Waals surface area contributed by atoms with Crippen molar-refractivity contribution in [3.05, 3.63) is 43.2 Å². The average Bonchev–Trinajstić information content (AvgIpc) is 2.17. The molecule has 1 aromatic rings. The molecule has 0 aliphatic rings. The fourth-order valence-corrected chi connectivity index (χ4v) is 1.21. The van der Waals surface area contributed by atoms with E-state index in [0.29, 0.717) is 6.61 Å². The Morgan fingerprint density at radius 3 is 2.60 bits per heavy atom. The van der Waals surface area contributed by atoms with Crippen molar-refractivity contribution >= 4 is 0 Å². The molecule has 0 atom stereocenters. The third-order valence-electron chi connectivity index (χ3n) is 1.82. The molecule has 1 radical (unpaired) electrons. The predicted molar refractivity (Wildman–Crippen MR) is 55.6 cm³/mol. The van der Waals surface area contributed by atoms with Crippen LogP contribution in [0.4, 0.5) is 0 Å². The SMILES string of the molecule is [CH2-]CCc1ccccc1OC[CH-]C.[W].[Y]. The van der Waals surface area contributed by atoms with Gasteiger partial charge in [0, 0.05) is 53.8 Å². The van der Waals surface area contributed by atoms with Crippen molar-refractivity contribution in [3.8, 4) is 5.75 Å². The molecule has 0 fully saturated rings. The summed E-state index contributed by atoms with van der Waals surface area (Å²) in [5, 5.41) is 0. The number of benzene rings is 1. The van der Waals surface area contributed by atoms with E-state index in [-0.39, 0.29) is 53.8 Å². The van der Waals surface area contributed by atoms with Crippen LogP contribution in [-0.4, -0.2) is 6.61 Å². The molecular formula is C12H16OWY-2. The van der Waals surface area contributed by atoms with E-state index in [4.69, 9.17) is 4.74 Å². The second-order valence-corrected chi connectivity index (χ2v) is 2.93. The second-order valence-electron chi connectivity index (χ2n) is 2.93. The first-order valence-electron chi connectivity index (χ1n) is 4.66. The molecule has 1 rings (SSSR count). The van der Waals surface area contributed by atoms with Crippen molar-refractivity contribution in [1.29, 1.82) is 0 Å². The van der Waals surface area contributed by atoms with Gasteiger partial charge >= 0.3 is 0 Å². The first-order chi connectivity index (χ1) is 6.38. The molecule has 0 unspecified atom stereocenters. The summed E-state index contributed by atoms with van der Waals surface area (Å²) in [4.78, 5) is 0. The summed E-state index contributed by atoms with van der Waals surface area (Å²) in [5.74, 6) is 0.990. The van der Waals surface area contributed by atoms with Gasteiger partial charge in [0.1, 0.15) is 5.75 Å². The molecule has 1 aromatic carbocycles. The molecule has 15 heavy (non-hydrogen) atoms. The molecule has 0 amide bonds. The Balaban J connectivity index is 0. The number of rotatable bonds is 5.